The standard InChI is InChI=1S/C24H27NO4S/c1-24(2,3)23(28)25-19-10-7-17(8-11-19)21(26)14-29-22(27)15-30-20-12-9-16-5-4-6-18(16)13-20/h7-13H,4-6,14-15H2,1-3H3,(H,25,28). The Hall–Kier alpha value is -2.60. The highest BCUT2D eigenvalue weighted by atomic mass is 32.2. The van der Waals surface area contributed by atoms with Crippen LogP contribution in [0.4, 0.5) is 5.69 Å². The Bertz CT molecular complexity index is 945. The second-order valence-electron chi connectivity index (χ2n) is 8.44. The smallest absolute Gasteiger partial charge is 0.316 e. The minimum absolute atomic E-state index is 0.101. The van der Waals surface area contributed by atoms with Gasteiger partial charge < -0.3 is 10.1 Å². The average molecular weight is 426 g/mol. The molecule has 3 rings (SSSR count). The van der Waals surface area contributed by atoms with Gasteiger partial charge in [0.05, 0.1) is 5.75 Å². The third-order valence-electron chi connectivity index (χ3n) is 4.94. The molecule has 0 aliphatic heterocycles. The minimum Gasteiger partial charge on any atom is -0.457 e. The summed E-state index contributed by atoms with van der Waals surface area (Å²) in [6.45, 7) is 5.20. The van der Waals surface area contributed by atoms with E-state index in [1.165, 1.54) is 29.3 Å². The van der Waals surface area contributed by atoms with Crippen LogP contribution in [0, 0.1) is 5.41 Å². The number of hydrogen-bond donors (Lipinski definition) is 1. The van der Waals surface area contributed by atoms with Gasteiger partial charge >= 0.3 is 5.97 Å². The zero-order valence-electron chi connectivity index (χ0n) is 17.6. The third kappa shape index (κ3) is 5.95. The van der Waals surface area contributed by atoms with Gasteiger partial charge in [-0.25, -0.2) is 0 Å². The number of anilines is 1. The van der Waals surface area contributed by atoms with E-state index >= 15 is 0 Å². The molecule has 0 saturated carbocycles. The van der Waals surface area contributed by atoms with Crippen molar-refractivity contribution in [3.8, 4) is 0 Å². The van der Waals surface area contributed by atoms with E-state index in [0.717, 1.165) is 17.7 Å². The molecule has 30 heavy (non-hydrogen) atoms. The molecule has 0 spiro atoms. The number of ketones is 1. The van der Waals surface area contributed by atoms with Crippen molar-refractivity contribution in [2.24, 2.45) is 5.41 Å². The SMILES string of the molecule is CC(C)(C)C(=O)Nc1ccc(C(=O)COC(=O)CSc2ccc3c(c2)CCC3)cc1. The van der Waals surface area contributed by atoms with Gasteiger partial charge in [-0.3, -0.25) is 14.4 Å². The molecule has 0 radical (unpaired) electrons. The lowest BCUT2D eigenvalue weighted by atomic mass is 9.95. The van der Waals surface area contributed by atoms with Crippen LogP contribution in [0.1, 0.15) is 48.7 Å². The van der Waals surface area contributed by atoms with Crippen molar-refractivity contribution in [2.75, 3.05) is 17.7 Å². The number of aryl methyl sites for hydroxylation is 2. The molecule has 0 fully saturated rings. The summed E-state index contributed by atoms with van der Waals surface area (Å²) in [5, 5.41) is 2.81. The van der Waals surface area contributed by atoms with Crippen molar-refractivity contribution >= 4 is 35.1 Å². The molecule has 1 aliphatic rings. The summed E-state index contributed by atoms with van der Waals surface area (Å²) >= 11 is 1.43. The molecule has 0 heterocycles. The van der Waals surface area contributed by atoms with Gasteiger partial charge in [-0.1, -0.05) is 26.8 Å². The number of esters is 1. The van der Waals surface area contributed by atoms with Crippen LogP contribution in [0.15, 0.2) is 47.4 Å². The number of amides is 1. The van der Waals surface area contributed by atoms with E-state index in [9.17, 15) is 14.4 Å². The van der Waals surface area contributed by atoms with Gasteiger partial charge in [0.25, 0.3) is 0 Å². The zero-order valence-corrected chi connectivity index (χ0v) is 18.4. The number of nitrogens with one attached hydrogen (secondary N) is 1. The van der Waals surface area contributed by atoms with Crippen LogP contribution >= 0.6 is 11.8 Å². The maximum atomic E-state index is 12.3. The van der Waals surface area contributed by atoms with E-state index in [2.05, 4.69) is 17.4 Å². The van der Waals surface area contributed by atoms with Crippen molar-refractivity contribution in [2.45, 2.75) is 44.9 Å². The monoisotopic (exact) mass is 425 g/mol. The number of ether oxygens (including phenoxy) is 1. The van der Waals surface area contributed by atoms with Gasteiger partial charge in [-0.05, 0) is 66.8 Å². The van der Waals surface area contributed by atoms with Crippen molar-refractivity contribution in [3.05, 3.63) is 59.2 Å². The van der Waals surface area contributed by atoms with Crippen LogP contribution in [0.3, 0.4) is 0 Å². The zero-order chi connectivity index (χ0) is 21.7. The molecular weight excluding hydrogens is 398 g/mol. The van der Waals surface area contributed by atoms with Crippen molar-refractivity contribution in [3.63, 3.8) is 0 Å². The Morgan fingerprint density at radius 1 is 1.00 bits per heavy atom. The summed E-state index contributed by atoms with van der Waals surface area (Å²) in [5.41, 5.74) is 3.32. The number of Topliss-reactive ketones (excluding diaryl/α,β-unsaturated/α-hetero) is 1. The number of rotatable bonds is 7. The molecule has 0 bridgehead atoms. The number of carbonyl (C=O) groups is 3. The minimum atomic E-state index is -0.500. The van der Waals surface area contributed by atoms with Crippen molar-refractivity contribution < 1.29 is 19.1 Å². The van der Waals surface area contributed by atoms with Crippen LogP contribution in [-0.4, -0.2) is 30.0 Å². The third-order valence-corrected chi connectivity index (χ3v) is 5.90. The Balaban J connectivity index is 1.44. The fourth-order valence-corrected chi connectivity index (χ4v) is 3.87. The topological polar surface area (TPSA) is 72.5 Å². The number of benzene rings is 2. The average Bonchev–Trinajstić information content (AvgIpc) is 3.18. The fourth-order valence-electron chi connectivity index (χ4n) is 3.11. The molecule has 0 unspecified atom stereocenters. The van der Waals surface area contributed by atoms with Gasteiger partial charge in [0, 0.05) is 21.6 Å². The van der Waals surface area contributed by atoms with Crippen LogP contribution < -0.4 is 5.32 Å². The second kappa shape index (κ2) is 9.47. The Labute approximate surface area is 181 Å². The molecule has 5 nitrogen and oxygen atoms in total. The van der Waals surface area contributed by atoms with Crippen LogP contribution in [-0.2, 0) is 27.2 Å². The van der Waals surface area contributed by atoms with E-state index in [1.807, 2.05) is 26.8 Å². The first-order valence-corrected chi connectivity index (χ1v) is 11.1. The molecule has 1 amide bonds. The molecule has 1 N–H and O–H groups in total. The molecule has 0 aromatic heterocycles. The second-order valence-corrected chi connectivity index (χ2v) is 9.49. The highest BCUT2D eigenvalue weighted by molar-refractivity contribution is 8.00. The normalized spacial score (nSPS) is 12.9. The summed E-state index contributed by atoms with van der Waals surface area (Å²) in [5.74, 6) is -0.622. The van der Waals surface area contributed by atoms with Gasteiger partial charge in [0.15, 0.2) is 12.4 Å². The summed E-state index contributed by atoms with van der Waals surface area (Å²) in [6.07, 6.45) is 3.42. The Kier molecular flexibility index (Phi) is 6.98. The van der Waals surface area contributed by atoms with Crippen LogP contribution in [0.25, 0.3) is 0 Å². The Morgan fingerprint density at radius 2 is 1.70 bits per heavy atom. The van der Waals surface area contributed by atoms with Crippen LogP contribution in [0.2, 0.25) is 0 Å². The van der Waals surface area contributed by atoms with E-state index < -0.39 is 11.4 Å². The highest BCUT2D eigenvalue weighted by Gasteiger charge is 2.21. The molecule has 0 atom stereocenters. The van der Waals surface area contributed by atoms with Crippen molar-refractivity contribution in [1.29, 1.82) is 0 Å². The maximum absolute atomic E-state index is 12.3. The first-order valence-electron chi connectivity index (χ1n) is 10.1. The number of hydrogen-bond acceptors (Lipinski definition) is 5. The van der Waals surface area contributed by atoms with Gasteiger partial charge in [-0.15, -0.1) is 11.8 Å². The summed E-state index contributed by atoms with van der Waals surface area (Å²) in [4.78, 5) is 37.3. The molecule has 158 valence electrons. The number of carbonyl (C=O) groups excluding carboxylic acids is 3. The van der Waals surface area contributed by atoms with Gasteiger partial charge in [-0.2, -0.15) is 0 Å². The van der Waals surface area contributed by atoms with Crippen molar-refractivity contribution in [1.82, 2.24) is 0 Å². The molecule has 0 saturated heterocycles. The molecule has 2 aromatic carbocycles. The lowest BCUT2D eigenvalue weighted by Crippen LogP contribution is -2.27. The molecule has 6 heteroatoms. The lowest BCUT2D eigenvalue weighted by molar-refractivity contribution is -0.139. The predicted octanol–water partition coefficient (Wildman–Crippen LogP) is 4.68. The first kappa shape index (κ1) is 22.1. The molecular formula is C24H27NO4S. The maximum Gasteiger partial charge on any atom is 0.316 e. The fraction of sp³-hybridized carbons (Fsp3) is 0.375. The number of fused-ring (bicyclic) bond motifs is 1. The summed E-state index contributed by atoms with van der Waals surface area (Å²) < 4.78 is 5.13. The molecule has 2 aromatic rings. The van der Waals surface area contributed by atoms with Crippen LogP contribution in [0.5, 0.6) is 0 Å². The first-order chi connectivity index (χ1) is 14.2. The molecule has 1 aliphatic carbocycles. The van der Waals surface area contributed by atoms with E-state index in [0.29, 0.717) is 11.3 Å². The Morgan fingerprint density at radius 3 is 2.40 bits per heavy atom. The largest absolute Gasteiger partial charge is 0.457 e. The predicted molar refractivity (Wildman–Crippen MR) is 119 cm³/mol. The quantitative estimate of drug-likeness (QED) is 0.396. The summed E-state index contributed by atoms with van der Waals surface area (Å²) in [6, 6.07) is 12.9. The van der Waals surface area contributed by atoms with Gasteiger partial charge in [0.2, 0.25) is 5.91 Å². The number of thioether (sulfide) groups is 1. The van der Waals surface area contributed by atoms with E-state index in [1.54, 1.807) is 24.3 Å². The lowest BCUT2D eigenvalue weighted by Gasteiger charge is -2.17. The van der Waals surface area contributed by atoms with E-state index in [4.69, 9.17) is 4.74 Å². The highest BCUT2D eigenvalue weighted by Crippen LogP contribution is 2.27. The summed E-state index contributed by atoms with van der Waals surface area (Å²) in [7, 11) is 0. The van der Waals surface area contributed by atoms with E-state index in [-0.39, 0.29) is 24.1 Å². The van der Waals surface area contributed by atoms with Gasteiger partial charge in [0.1, 0.15) is 0 Å².